The number of carbonyl (C=O) groups is 1. The maximum Gasteiger partial charge on any atom is 0.274 e. The quantitative estimate of drug-likeness (QED) is 0.368. The van der Waals surface area contributed by atoms with Crippen molar-refractivity contribution >= 4 is 28.1 Å². The van der Waals surface area contributed by atoms with Gasteiger partial charge in [-0.3, -0.25) is 4.79 Å². The van der Waals surface area contributed by atoms with Crippen LogP contribution in [0.1, 0.15) is 27.0 Å². The summed E-state index contributed by atoms with van der Waals surface area (Å²) in [5.41, 5.74) is 3.04. The molecule has 0 spiro atoms. The molecule has 0 fully saturated rings. The van der Waals surface area contributed by atoms with Gasteiger partial charge in [0.1, 0.15) is 18.2 Å². The minimum Gasteiger partial charge on any atom is -0.493 e. The van der Waals surface area contributed by atoms with E-state index in [4.69, 9.17) is 14.7 Å². The van der Waals surface area contributed by atoms with Gasteiger partial charge in [0.05, 0.1) is 35.0 Å². The third kappa shape index (κ3) is 5.47. The van der Waals surface area contributed by atoms with Crippen molar-refractivity contribution in [3.63, 3.8) is 0 Å². The van der Waals surface area contributed by atoms with E-state index < -0.39 is 11.7 Å². The maximum absolute atomic E-state index is 13.9. The first-order valence-electron chi connectivity index (χ1n) is 9.19. The Balaban J connectivity index is 1.71. The van der Waals surface area contributed by atoms with Crippen molar-refractivity contribution in [2.24, 2.45) is 5.10 Å². The van der Waals surface area contributed by atoms with Gasteiger partial charge in [0.15, 0.2) is 11.5 Å². The van der Waals surface area contributed by atoms with Gasteiger partial charge >= 0.3 is 0 Å². The summed E-state index contributed by atoms with van der Waals surface area (Å²) in [5, 5.41) is 12.6. The van der Waals surface area contributed by atoms with Crippen molar-refractivity contribution in [2.75, 3.05) is 7.11 Å². The van der Waals surface area contributed by atoms with Gasteiger partial charge in [-0.25, -0.2) is 14.2 Å². The summed E-state index contributed by atoms with van der Waals surface area (Å²) < 4.78 is 39.3. The number of rotatable bonds is 7. The lowest BCUT2D eigenvalue weighted by molar-refractivity contribution is 0.0951. The van der Waals surface area contributed by atoms with Crippen LogP contribution in [0.2, 0.25) is 0 Å². The van der Waals surface area contributed by atoms with Gasteiger partial charge in [-0.15, -0.1) is 0 Å². The van der Waals surface area contributed by atoms with Crippen molar-refractivity contribution in [1.82, 2.24) is 5.43 Å². The molecule has 0 bridgehead atoms. The Morgan fingerprint density at radius 3 is 2.66 bits per heavy atom. The fourth-order valence-corrected chi connectivity index (χ4v) is 3.29. The number of methoxy groups -OCH3 is 1. The summed E-state index contributed by atoms with van der Waals surface area (Å²) in [4.78, 5) is 12.1. The van der Waals surface area contributed by atoms with Crippen LogP contribution < -0.4 is 14.9 Å². The van der Waals surface area contributed by atoms with Crippen LogP contribution in [-0.4, -0.2) is 19.2 Å². The molecule has 0 saturated heterocycles. The number of nitrogens with zero attached hydrogens (tertiary/aromatic N) is 2. The number of nitrogens with one attached hydrogen (secondary N) is 1. The van der Waals surface area contributed by atoms with E-state index in [1.165, 1.54) is 31.5 Å². The van der Waals surface area contributed by atoms with E-state index in [0.29, 0.717) is 27.1 Å². The van der Waals surface area contributed by atoms with Gasteiger partial charge in [-0.2, -0.15) is 10.4 Å². The molecule has 0 atom stereocenters. The zero-order valence-corrected chi connectivity index (χ0v) is 18.3. The highest BCUT2D eigenvalue weighted by Gasteiger charge is 2.14. The van der Waals surface area contributed by atoms with Crippen molar-refractivity contribution in [1.29, 1.82) is 5.26 Å². The predicted octanol–water partition coefficient (Wildman–Crippen LogP) is 4.95. The molecule has 32 heavy (non-hydrogen) atoms. The molecule has 6 nitrogen and oxygen atoms in total. The summed E-state index contributed by atoms with van der Waals surface area (Å²) in [6, 6.07) is 14.9. The fourth-order valence-electron chi connectivity index (χ4n) is 2.71. The van der Waals surface area contributed by atoms with Crippen molar-refractivity contribution in [3.8, 4) is 17.6 Å². The van der Waals surface area contributed by atoms with E-state index in [2.05, 4.69) is 26.5 Å². The van der Waals surface area contributed by atoms with Crippen LogP contribution in [0.4, 0.5) is 8.78 Å². The van der Waals surface area contributed by atoms with Gasteiger partial charge in [0.25, 0.3) is 5.91 Å². The van der Waals surface area contributed by atoms with Gasteiger partial charge in [0.2, 0.25) is 0 Å². The molecule has 0 saturated carbocycles. The van der Waals surface area contributed by atoms with Crippen LogP contribution in [-0.2, 0) is 6.61 Å². The fraction of sp³-hybridized carbons (Fsp3) is 0.0870. The van der Waals surface area contributed by atoms with Gasteiger partial charge in [0, 0.05) is 5.56 Å². The Morgan fingerprint density at radius 2 is 1.97 bits per heavy atom. The Kier molecular flexibility index (Phi) is 7.52. The van der Waals surface area contributed by atoms with Crippen LogP contribution >= 0.6 is 15.9 Å². The molecule has 162 valence electrons. The number of benzene rings is 3. The largest absolute Gasteiger partial charge is 0.493 e. The SMILES string of the molecule is COc1cc(/C=N\NC(=O)c2ccc(C#N)cc2F)cc(Br)c1OCc1ccccc1F. The zero-order valence-electron chi connectivity index (χ0n) is 16.7. The number of halogens is 3. The van der Waals surface area contributed by atoms with Crippen LogP contribution in [0.3, 0.4) is 0 Å². The predicted molar refractivity (Wildman–Crippen MR) is 118 cm³/mol. The molecule has 0 aliphatic carbocycles. The highest BCUT2D eigenvalue weighted by molar-refractivity contribution is 9.10. The first kappa shape index (κ1) is 22.9. The molecule has 0 unspecified atom stereocenters. The molecule has 9 heteroatoms. The molecule has 0 aliphatic rings. The summed E-state index contributed by atoms with van der Waals surface area (Å²) in [6.07, 6.45) is 1.34. The minimum atomic E-state index is -0.822. The molecular weight excluding hydrogens is 484 g/mol. The molecule has 0 aromatic heterocycles. The standard InChI is InChI=1S/C23H16BrF2N3O3/c1-31-21-10-15(8-18(24)22(21)32-13-16-4-2-3-5-19(16)25)12-28-29-23(30)17-7-6-14(11-27)9-20(17)26/h2-10,12H,13H2,1H3,(H,29,30)/b28-12-. The van der Waals surface area contributed by atoms with E-state index in [-0.39, 0.29) is 23.6 Å². The topological polar surface area (TPSA) is 83.7 Å². The van der Waals surface area contributed by atoms with Crippen LogP contribution in [0, 0.1) is 23.0 Å². The van der Waals surface area contributed by atoms with E-state index >= 15 is 0 Å². The van der Waals surface area contributed by atoms with Crippen molar-refractivity contribution in [2.45, 2.75) is 6.61 Å². The molecule has 3 aromatic rings. The van der Waals surface area contributed by atoms with Crippen molar-refractivity contribution in [3.05, 3.63) is 93.0 Å². The Morgan fingerprint density at radius 1 is 1.19 bits per heavy atom. The summed E-state index contributed by atoms with van der Waals surface area (Å²) >= 11 is 3.39. The van der Waals surface area contributed by atoms with E-state index in [9.17, 15) is 13.6 Å². The smallest absolute Gasteiger partial charge is 0.274 e. The zero-order chi connectivity index (χ0) is 23.1. The van der Waals surface area contributed by atoms with Gasteiger partial charge < -0.3 is 9.47 Å². The Bertz CT molecular complexity index is 1230. The lowest BCUT2D eigenvalue weighted by Gasteiger charge is -2.14. The average Bonchev–Trinajstić information content (AvgIpc) is 2.78. The molecule has 1 amide bonds. The number of hydrogen-bond donors (Lipinski definition) is 1. The first-order chi connectivity index (χ1) is 15.4. The number of ether oxygens (including phenoxy) is 2. The highest BCUT2D eigenvalue weighted by atomic mass is 79.9. The maximum atomic E-state index is 13.9. The minimum absolute atomic E-state index is 0.00127. The van der Waals surface area contributed by atoms with Crippen LogP contribution in [0.25, 0.3) is 0 Å². The van der Waals surface area contributed by atoms with E-state index in [1.54, 1.807) is 36.4 Å². The van der Waals surface area contributed by atoms with Crippen molar-refractivity contribution < 1.29 is 23.0 Å². The number of hydrazone groups is 1. The number of carbonyl (C=O) groups excluding carboxylic acids is 1. The molecule has 0 radical (unpaired) electrons. The second-order valence-corrected chi connectivity index (χ2v) is 7.27. The third-order valence-corrected chi connectivity index (χ3v) is 4.89. The molecular formula is C23H16BrF2N3O3. The number of amides is 1. The summed E-state index contributed by atoms with van der Waals surface area (Å²) in [5.74, 6) is -1.23. The molecule has 1 N–H and O–H groups in total. The molecule has 3 rings (SSSR count). The molecule has 0 aliphatic heterocycles. The molecule has 3 aromatic carbocycles. The number of hydrogen-bond acceptors (Lipinski definition) is 5. The number of nitriles is 1. The first-order valence-corrected chi connectivity index (χ1v) is 9.99. The lowest BCUT2D eigenvalue weighted by Crippen LogP contribution is -2.19. The monoisotopic (exact) mass is 499 g/mol. The van der Waals surface area contributed by atoms with Crippen LogP contribution in [0.15, 0.2) is 64.2 Å². The Labute approximate surface area is 191 Å². The van der Waals surface area contributed by atoms with Gasteiger partial charge in [-0.1, -0.05) is 18.2 Å². The van der Waals surface area contributed by atoms with E-state index in [0.717, 1.165) is 6.07 Å². The van der Waals surface area contributed by atoms with Gasteiger partial charge in [-0.05, 0) is 57.9 Å². The second-order valence-electron chi connectivity index (χ2n) is 6.42. The van der Waals surface area contributed by atoms with Crippen LogP contribution in [0.5, 0.6) is 11.5 Å². The average molecular weight is 500 g/mol. The third-order valence-electron chi connectivity index (χ3n) is 4.30. The normalized spacial score (nSPS) is 10.6. The Hall–Kier alpha value is -3.77. The van der Waals surface area contributed by atoms with E-state index in [1.807, 2.05) is 0 Å². The summed E-state index contributed by atoms with van der Waals surface area (Å²) in [7, 11) is 1.45. The lowest BCUT2D eigenvalue weighted by atomic mass is 10.1. The second kappa shape index (κ2) is 10.5. The highest BCUT2D eigenvalue weighted by Crippen LogP contribution is 2.37. The summed E-state index contributed by atoms with van der Waals surface area (Å²) in [6.45, 7) is 0.00127. The molecule has 0 heterocycles.